The molecule has 0 atom stereocenters. The van der Waals surface area contributed by atoms with E-state index < -0.39 is 10.0 Å². The molecule has 0 aliphatic heterocycles. The number of anilines is 2. The summed E-state index contributed by atoms with van der Waals surface area (Å²) in [5.41, 5.74) is 2.28. The van der Waals surface area contributed by atoms with Crippen LogP contribution in [0.15, 0.2) is 53.4 Å². The van der Waals surface area contributed by atoms with Gasteiger partial charge in [-0.05, 0) is 54.8 Å². The van der Waals surface area contributed by atoms with Gasteiger partial charge in [0.1, 0.15) is 4.88 Å². The zero-order chi connectivity index (χ0) is 21.2. The Morgan fingerprint density at radius 3 is 2.28 bits per heavy atom. The average Bonchev–Trinajstić information content (AvgIpc) is 3.02. The Morgan fingerprint density at radius 1 is 1.07 bits per heavy atom. The largest absolute Gasteiger partial charge is 0.321 e. The van der Waals surface area contributed by atoms with Crippen LogP contribution < -0.4 is 10.0 Å². The average molecular weight is 450 g/mol. The molecule has 0 bridgehead atoms. The van der Waals surface area contributed by atoms with E-state index in [0.29, 0.717) is 27.2 Å². The smallest absolute Gasteiger partial charge is 0.267 e. The second kappa shape index (κ2) is 8.52. The van der Waals surface area contributed by atoms with Crippen LogP contribution in [0.4, 0.5) is 10.8 Å². The molecule has 0 saturated heterocycles. The summed E-state index contributed by atoms with van der Waals surface area (Å²) < 4.78 is 27.4. The number of hydrogen-bond donors (Lipinski definition) is 2. The van der Waals surface area contributed by atoms with Gasteiger partial charge in [-0.1, -0.05) is 48.9 Å². The topological polar surface area (TPSA) is 88.2 Å². The zero-order valence-electron chi connectivity index (χ0n) is 16.1. The Hall–Kier alpha value is -2.42. The molecule has 1 amide bonds. The molecule has 6 nitrogen and oxygen atoms in total. The number of halogens is 1. The second-order valence-corrected chi connectivity index (χ2v) is 9.84. The van der Waals surface area contributed by atoms with Gasteiger partial charge in [0.15, 0.2) is 5.13 Å². The fourth-order valence-electron chi connectivity index (χ4n) is 2.58. The second-order valence-electron chi connectivity index (χ2n) is 6.72. The van der Waals surface area contributed by atoms with Gasteiger partial charge in [0.25, 0.3) is 15.9 Å². The van der Waals surface area contributed by atoms with E-state index in [2.05, 4.69) is 28.9 Å². The molecule has 3 rings (SSSR count). The molecule has 9 heteroatoms. The number of benzene rings is 2. The summed E-state index contributed by atoms with van der Waals surface area (Å²) >= 11 is 6.78. The first kappa shape index (κ1) is 21.3. The molecule has 0 fully saturated rings. The summed E-state index contributed by atoms with van der Waals surface area (Å²) in [5, 5.41) is 3.38. The van der Waals surface area contributed by atoms with Crippen LogP contribution in [0, 0.1) is 6.92 Å². The van der Waals surface area contributed by atoms with Crippen LogP contribution in [0.3, 0.4) is 0 Å². The minimum Gasteiger partial charge on any atom is -0.321 e. The Morgan fingerprint density at radius 2 is 1.69 bits per heavy atom. The van der Waals surface area contributed by atoms with Crippen molar-refractivity contribution in [1.29, 1.82) is 0 Å². The van der Waals surface area contributed by atoms with E-state index in [4.69, 9.17) is 11.6 Å². The van der Waals surface area contributed by atoms with E-state index in [1.54, 1.807) is 6.92 Å². The maximum Gasteiger partial charge on any atom is 0.267 e. The lowest BCUT2D eigenvalue weighted by Crippen LogP contribution is -2.12. The molecule has 2 aromatic carbocycles. The highest BCUT2D eigenvalue weighted by Crippen LogP contribution is 2.27. The van der Waals surface area contributed by atoms with E-state index >= 15 is 0 Å². The lowest BCUT2D eigenvalue weighted by molar-refractivity contribution is 0.103. The maximum atomic E-state index is 12.6. The Bertz CT molecular complexity index is 1120. The summed E-state index contributed by atoms with van der Waals surface area (Å²) in [6.45, 7) is 5.86. The fourth-order valence-corrected chi connectivity index (χ4v) is 4.80. The normalized spacial score (nSPS) is 11.5. The third-order valence-electron chi connectivity index (χ3n) is 4.18. The van der Waals surface area contributed by atoms with Crippen LogP contribution in [0.5, 0.6) is 0 Å². The van der Waals surface area contributed by atoms with Crippen LogP contribution in [0.1, 0.15) is 40.7 Å². The first-order chi connectivity index (χ1) is 13.7. The molecule has 1 heterocycles. The standard InChI is InChI=1S/C20H20ClN3O3S2/c1-12(2)14-4-8-16(9-5-14)23-19(25)18-13(3)22-20(28-18)24-29(26,27)17-10-6-15(21)7-11-17/h4-12H,1-3H3,(H,22,24)(H,23,25). The molecule has 0 radical (unpaired) electrons. The zero-order valence-corrected chi connectivity index (χ0v) is 18.5. The van der Waals surface area contributed by atoms with Gasteiger partial charge < -0.3 is 5.32 Å². The molecule has 0 saturated carbocycles. The number of hydrogen-bond acceptors (Lipinski definition) is 5. The number of thiazole rings is 1. The lowest BCUT2D eigenvalue weighted by atomic mass is 10.0. The van der Waals surface area contributed by atoms with Gasteiger partial charge in [-0.2, -0.15) is 0 Å². The third kappa shape index (κ3) is 5.14. The Labute approximate surface area is 179 Å². The van der Waals surface area contributed by atoms with Gasteiger partial charge in [0.2, 0.25) is 0 Å². The first-order valence-electron chi connectivity index (χ1n) is 8.83. The predicted octanol–water partition coefficient (Wildman–Crippen LogP) is 5.28. The van der Waals surface area contributed by atoms with Gasteiger partial charge in [0.05, 0.1) is 10.6 Å². The number of rotatable bonds is 6. The third-order valence-corrected chi connectivity index (χ3v) is 6.99. The summed E-state index contributed by atoms with van der Waals surface area (Å²) in [4.78, 5) is 17.2. The molecule has 152 valence electrons. The van der Waals surface area contributed by atoms with Crippen molar-refractivity contribution in [1.82, 2.24) is 4.98 Å². The summed E-state index contributed by atoms with van der Waals surface area (Å²) in [5.74, 6) is 0.0638. The molecule has 0 aliphatic rings. The summed E-state index contributed by atoms with van der Waals surface area (Å²) in [6, 6.07) is 13.4. The predicted molar refractivity (Wildman–Crippen MR) is 118 cm³/mol. The van der Waals surface area contributed by atoms with E-state index in [-0.39, 0.29) is 15.9 Å². The van der Waals surface area contributed by atoms with Crippen LogP contribution >= 0.6 is 22.9 Å². The van der Waals surface area contributed by atoms with E-state index in [0.717, 1.165) is 11.3 Å². The molecule has 2 N–H and O–H groups in total. The van der Waals surface area contributed by atoms with Crippen molar-refractivity contribution in [2.45, 2.75) is 31.6 Å². The fraction of sp³-hybridized carbons (Fsp3) is 0.200. The van der Waals surface area contributed by atoms with Gasteiger partial charge in [-0.15, -0.1) is 0 Å². The van der Waals surface area contributed by atoms with E-state index in [1.807, 2.05) is 24.3 Å². The number of nitrogens with zero attached hydrogens (tertiary/aromatic N) is 1. The van der Waals surface area contributed by atoms with E-state index in [9.17, 15) is 13.2 Å². The number of aromatic nitrogens is 1. The SMILES string of the molecule is Cc1nc(NS(=O)(=O)c2ccc(Cl)cc2)sc1C(=O)Nc1ccc(C(C)C)cc1. The molecule has 0 unspecified atom stereocenters. The van der Waals surface area contributed by atoms with Crippen molar-refractivity contribution >= 4 is 49.7 Å². The van der Waals surface area contributed by atoms with Gasteiger partial charge in [0, 0.05) is 10.7 Å². The Kier molecular flexibility index (Phi) is 6.26. The van der Waals surface area contributed by atoms with Gasteiger partial charge >= 0.3 is 0 Å². The van der Waals surface area contributed by atoms with Crippen LogP contribution in [-0.2, 0) is 10.0 Å². The van der Waals surface area contributed by atoms with Crippen LogP contribution in [0.25, 0.3) is 0 Å². The minimum atomic E-state index is -3.82. The number of carbonyl (C=O) groups excluding carboxylic acids is 1. The van der Waals surface area contributed by atoms with Crippen LogP contribution in [-0.4, -0.2) is 19.3 Å². The minimum absolute atomic E-state index is 0.0611. The lowest BCUT2D eigenvalue weighted by Gasteiger charge is -2.08. The quantitative estimate of drug-likeness (QED) is 0.535. The highest BCUT2D eigenvalue weighted by atomic mass is 35.5. The number of aryl methyl sites for hydroxylation is 1. The molecular formula is C20H20ClN3O3S2. The number of sulfonamides is 1. The summed E-state index contributed by atoms with van der Waals surface area (Å²) in [6.07, 6.45) is 0. The van der Waals surface area contributed by atoms with Crippen molar-refractivity contribution in [2.75, 3.05) is 10.0 Å². The number of nitrogens with one attached hydrogen (secondary N) is 2. The van der Waals surface area contributed by atoms with Gasteiger partial charge in [-0.25, -0.2) is 13.4 Å². The molecule has 0 spiro atoms. The van der Waals surface area contributed by atoms with Gasteiger partial charge in [-0.3, -0.25) is 9.52 Å². The highest BCUT2D eigenvalue weighted by Gasteiger charge is 2.20. The molecule has 3 aromatic rings. The maximum absolute atomic E-state index is 12.6. The molecule has 1 aromatic heterocycles. The molecule has 0 aliphatic carbocycles. The van der Waals surface area contributed by atoms with Crippen molar-refractivity contribution in [3.8, 4) is 0 Å². The van der Waals surface area contributed by atoms with Crippen molar-refractivity contribution in [3.05, 3.63) is 69.7 Å². The highest BCUT2D eigenvalue weighted by molar-refractivity contribution is 7.93. The van der Waals surface area contributed by atoms with E-state index in [1.165, 1.54) is 29.8 Å². The van der Waals surface area contributed by atoms with Crippen molar-refractivity contribution in [3.63, 3.8) is 0 Å². The molecule has 29 heavy (non-hydrogen) atoms. The van der Waals surface area contributed by atoms with Crippen molar-refractivity contribution in [2.24, 2.45) is 0 Å². The van der Waals surface area contributed by atoms with Crippen LogP contribution in [0.2, 0.25) is 5.02 Å². The van der Waals surface area contributed by atoms with Crippen molar-refractivity contribution < 1.29 is 13.2 Å². The first-order valence-corrected chi connectivity index (χ1v) is 11.5. The number of carbonyl (C=O) groups is 1. The molecular weight excluding hydrogens is 430 g/mol. The number of amides is 1. The monoisotopic (exact) mass is 449 g/mol. The Balaban J connectivity index is 1.75. The summed E-state index contributed by atoms with van der Waals surface area (Å²) in [7, 11) is -3.82.